The predicted octanol–water partition coefficient (Wildman–Crippen LogP) is 30.0. The van der Waals surface area contributed by atoms with Gasteiger partial charge in [0.25, 0.3) is 0 Å². The van der Waals surface area contributed by atoms with Gasteiger partial charge in [0.1, 0.15) is 0 Å². The average Bonchev–Trinajstić information content (AvgIpc) is 1.04. The van der Waals surface area contributed by atoms with Gasteiger partial charge in [-0.05, 0) is 238 Å². The van der Waals surface area contributed by atoms with Crippen LogP contribution in [-0.4, -0.2) is 9.13 Å². The molecule has 0 radical (unpaired) electrons. The first kappa shape index (κ1) is 67.2. The first-order chi connectivity index (χ1) is 53.8. The Morgan fingerprint density at radius 2 is 0.427 bits per heavy atom. The summed E-state index contributed by atoms with van der Waals surface area (Å²) in [6, 6.07) is 137. The quantitative estimate of drug-likeness (QED) is 0.121. The van der Waals surface area contributed by atoms with Crippen molar-refractivity contribution in [1.29, 1.82) is 0 Å². The smallest absolute Gasteiger partial charge is 0.0541 e. The topological polar surface area (TPSA) is 9.86 Å². The van der Waals surface area contributed by atoms with Gasteiger partial charge in [0, 0.05) is 32.9 Å². The summed E-state index contributed by atoms with van der Waals surface area (Å²) in [6.45, 7) is 15.7. The number of hydrogen-bond acceptors (Lipinski definition) is 0. The SMILES string of the molecule is Cc1ccc2c(-c3ccc(-c4ccc5c(c4)c4cc(C(C)(C)C)ccc4n5-c4ccccc4)cc3)c3cc(C)ccc3c(-c3ccccc3)c2c1.Cc1ccc2c(-c3ccc(-c4ccc5c(c4)c4ccccc4n5-c4ccccc4)cc3)c3cc(C)ccc3c(-c3ccc(-c4ccc(-c5ccccc5)cc4)cc3)c2c1. The number of nitrogens with zero attached hydrogens (tertiary/aromatic N) is 2. The summed E-state index contributed by atoms with van der Waals surface area (Å²) in [5, 5.41) is 15.4. The van der Waals surface area contributed by atoms with Crippen molar-refractivity contribution in [3.05, 3.63) is 398 Å². The lowest BCUT2D eigenvalue weighted by atomic mass is 9.84. The number of hydrogen-bond donors (Lipinski definition) is 0. The first-order valence-corrected chi connectivity index (χ1v) is 38.5. The Hall–Kier alpha value is -13.4. The van der Waals surface area contributed by atoms with Crippen LogP contribution in [0, 0.1) is 27.7 Å². The van der Waals surface area contributed by atoms with Crippen LogP contribution in [0.3, 0.4) is 0 Å². The van der Waals surface area contributed by atoms with E-state index in [1.807, 2.05) is 0 Å². The van der Waals surface area contributed by atoms with E-state index in [1.165, 1.54) is 215 Å². The van der Waals surface area contributed by atoms with Gasteiger partial charge in [0.15, 0.2) is 0 Å². The van der Waals surface area contributed by atoms with Crippen molar-refractivity contribution < 1.29 is 0 Å². The maximum absolute atomic E-state index is 2.41. The minimum atomic E-state index is 0.0632. The van der Waals surface area contributed by atoms with Crippen LogP contribution >= 0.6 is 0 Å². The van der Waals surface area contributed by atoms with Crippen molar-refractivity contribution in [3.63, 3.8) is 0 Å². The average molecular weight is 1410 g/mol. The fourth-order valence-corrected chi connectivity index (χ4v) is 17.3. The summed E-state index contributed by atoms with van der Waals surface area (Å²) in [5.74, 6) is 0. The van der Waals surface area contributed by atoms with Crippen LogP contribution in [0.5, 0.6) is 0 Å². The lowest BCUT2D eigenvalue weighted by molar-refractivity contribution is 0.591. The zero-order valence-electron chi connectivity index (χ0n) is 63.1. The normalized spacial score (nSPS) is 11.8. The maximum Gasteiger partial charge on any atom is 0.0541 e. The standard InChI is InChI=1S/C58H41N.C50H41N/c1-38-18-33-51-53(35-38)57(45-27-23-43(24-28-45)42-21-19-41(20-22-42)40-11-5-3-6-12-40)50-32-17-39(2)36-54(50)58(51)46-29-25-44(26-30-46)47-31-34-56-52(37-47)49-15-9-10-16-55(49)59(56)48-13-7-4-8-14-48;1-32-17-25-41-44(28-32)48(35-12-8-6-9-13-35)40-24-16-33(2)29-45(40)49(41)36-20-18-34(19-21-36)37-22-26-46-42(30-37)43-31-38(50(3,4)5)23-27-47(43)51(46)39-14-10-7-11-15-39/h3-37H,1-2H3;6-31H,1-5H3. The second-order valence-electron chi connectivity index (χ2n) is 31.0. The molecular weight excluding hydrogens is 1330 g/mol. The largest absolute Gasteiger partial charge is 0.309 e. The molecule has 0 saturated carbocycles. The van der Waals surface area contributed by atoms with E-state index < -0.39 is 0 Å². The summed E-state index contributed by atoms with van der Waals surface area (Å²) in [5.41, 5.74) is 33.6. The van der Waals surface area contributed by atoms with Crippen LogP contribution in [0.2, 0.25) is 0 Å². The monoisotopic (exact) mass is 1410 g/mol. The van der Waals surface area contributed by atoms with Gasteiger partial charge in [-0.3, -0.25) is 0 Å². The summed E-state index contributed by atoms with van der Waals surface area (Å²) in [4.78, 5) is 0. The predicted molar refractivity (Wildman–Crippen MR) is 473 cm³/mol. The van der Waals surface area contributed by atoms with Gasteiger partial charge >= 0.3 is 0 Å². The Morgan fingerprint density at radius 3 is 0.791 bits per heavy atom. The third kappa shape index (κ3) is 12.0. The van der Waals surface area contributed by atoms with Crippen LogP contribution in [0.15, 0.2) is 370 Å². The highest BCUT2D eigenvalue weighted by atomic mass is 15.0. The molecule has 0 aliphatic heterocycles. The van der Waals surface area contributed by atoms with Crippen LogP contribution < -0.4 is 0 Å². The van der Waals surface area contributed by atoms with Crippen molar-refractivity contribution in [1.82, 2.24) is 9.13 Å². The molecule has 0 bridgehead atoms. The minimum Gasteiger partial charge on any atom is -0.309 e. The molecule has 0 amide bonds. The van der Waals surface area contributed by atoms with Crippen molar-refractivity contribution >= 4 is 86.7 Å². The molecule has 0 spiro atoms. The fourth-order valence-electron chi connectivity index (χ4n) is 17.3. The van der Waals surface area contributed by atoms with E-state index in [4.69, 9.17) is 0 Å². The summed E-state index contributed by atoms with van der Waals surface area (Å²) in [7, 11) is 0. The molecule has 18 aromatic carbocycles. The van der Waals surface area contributed by atoms with Crippen LogP contribution in [0.25, 0.3) is 187 Å². The highest BCUT2D eigenvalue weighted by Gasteiger charge is 2.23. The van der Waals surface area contributed by atoms with Gasteiger partial charge in [-0.2, -0.15) is 0 Å². The lowest BCUT2D eigenvalue weighted by Gasteiger charge is -2.19. The van der Waals surface area contributed by atoms with Crippen molar-refractivity contribution in [3.8, 4) is 100 Å². The Kier molecular flexibility index (Phi) is 16.8. The first-order valence-electron chi connectivity index (χ1n) is 38.5. The third-order valence-electron chi connectivity index (χ3n) is 22.8. The van der Waals surface area contributed by atoms with Gasteiger partial charge in [-0.1, -0.05) is 346 Å². The second-order valence-corrected chi connectivity index (χ2v) is 31.0. The number of aryl methyl sites for hydroxylation is 4. The molecule has 0 saturated heterocycles. The molecular formula is C108H82N2. The molecule has 2 nitrogen and oxygen atoms in total. The highest BCUT2D eigenvalue weighted by Crippen LogP contribution is 2.48. The molecule has 110 heavy (non-hydrogen) atoms. The van der Waals surface area contributed by atoms with Gasteiger partial charge in [-0.15, -0.1) is 0 Å². The maximum atomic E-state index is 2.41. The van der Waals surface area contributed by atoms with Crippen LogP contribution in [0.1, 0.15) is 48.6 Å². The van der Waals surface area contributed by atoms with E-state index in [2.05, 4.69) is 428 Å². The molecule has 0 aliphatic carbocycles. The number of para-hydroxylation sites is 3. The van der Waals surface area contributed by atoms with E-state index in [0.29, 0.717) is 0 Å². The van der Waals surface area contributed by atoms with Crippen molar-refractivity contribution in [2.24, 2.45) is 0 Å². The zero-order chi connectivity index (χ0) is 74.3. The second kappa shape index (κ2) is 27.4. The summed E-state index contributed by atoms with van der Waals surface area (Å²) < 4.78 is 4.78. The zero-order valence-corrected chi connectivity index (χ0v) is 63.1. The van der Waals surface area contributed by atoms with Gasteiger partial charge in [0.2, 0.25) is 0 Å². The Morgan fingerprint density at radius 1 is 0.173 bits per heavy atom. The fraction of sp³-hybridized carbons (Fsp3) is 0.0741. The molecule has 20 aromatic rings. The molecule has 524 valence electrons. The van der Waals surface area contributed by atoms with E-state index >= 15 is 0 Å². The van der Waals surface area contributed by atoms with E-state index in [9.17, 15) is 0 Å². The lowest BCUT2D eigenvalue weighted by Crippen LogP contribution is -2.10. The van der Waals surface area contributed by atoms with Crippen molar-refractivity contribution in [2.45, 2.75) is 53.9 Å². The van der Waals surface area contributed by atoms with Gasteiger partial charge in [-0.25, -0.2) is 0 Å². The third-order valence-corrected chi connectivity index (χ3v) is 22.8. The minimum absolute atomic E-state index is 0.0632. The van der Waals surface area contributed by atoms with E-state index in [0.717, 1.165) is 0 Å². The van der Waals surface area contributed by atoms with Crippen LogP contribution in [-0.2, 0) is 5.41 Å². The van der Waals surface area contributed by atoms with Gasteiger partial charge < -0.3 is 9.13 Å². The molecule has 20 rings (SSSR count). The Labute approximate surface area is 643 Å². The highest BCUT2D eigenvalue weighted by molar-refractivity contribution is 6.24. The van der Waals surface area contributed by atoms with Crippen LogP contribution in [0.4, 0.5) is 0 Å². The Bertz CT molecular complexity index is 6940. The number of rotatable bonds is 10. The molecule has 0 aliphatic rings. The van der Waals surface area contributed by atoms with E-state index in [-0.39, 0.29) is 5.41 Å². The van der Waals surface area contributed by atoms with Crippen molar-refractivity contribution in [2.75, 3.05) is 0 Å². The molecule has 2 heterocycles. The number of benzene rings is 18. The summed E-state index contributed by atoms with van der Waals surface area (Å²) in [6.07, 6.45) is 0. The van der Waals surface area contributed by atoms with E-state index in [1.54, 1.807) is 0 Å². The van der Waals surface area contributed by atoms with Gasteiger partial charge in [0.05, 0.1) is 22.1 Å². The molecule has 2 aromatic heterocycles. The molecule has 0 fully saturated rings. The Balaban J connectivity index is 0.000000151. The molecule has 0 N–H and O–H groups in total. The molecule has 0 unspecified atom stereocenters. The number of fused-ring (bicyclic) bond motifs is 10. The molecule has 2 heteroatoms. The number of aromatic nitrogens is 2. The molecule has 0 atom stereocenters. The summed E-state index contributed by atoms with van der Waals surface area (Å²) >= 11 is 0.